The third-order valence-corrected chi connectivity index (χ3v) is 3.97. The van der Waals surface area contributed by atoms with Crippen molar-refractivity contribution in [2.75, 3.05) is 26.6 Å². The first-order valence-corrected chi connectivity index (χ1v) is 8.52. The first-order chi connectivity index (χ1) is 12.4. The zero-order chi connectivity index (χ0) is 19.3. The van der Waals surface area contributed by atoms with E-state index in [1.807, 2.05) is 0 Å². The first kappa shape index (κ1) is 19.5. The zero-order valence-electron chi connectivity index (χ0n) is 14.1. The fourth-order valence-corrected chi connectivity index (χ4v) is 2.68. The molecule has 0 aliphatic rings. The van der Waals surface area contributed by atoms with Crippen LogP contribution in [-0.4, -0.2) is 35.7 Å². The predicted molar refractivity (Wildman–Crippen MR) is 96.5 cm³/mol. The average molecular weight is 399 g/mol. The van der Waals surface area contributed by atoms with Crippen LogP contribution in [-0.2, 0) is 10.5 Å². The summed E-state index contributed by atoms with van der Waals surface area (Å²) < 4.78 is 40.5. The second kappa shape index (κ2) is 8.54. The molecule has 1 amide bonds. The number of carbonyl (C=O) groups excluding carboxylic acids is 1. The van der Waals surface area contributed by atoms with Gasteiger partial charge in [0.05, 0.1) is 26.4 Å². The number of nitrogens with one attached hydrogen (secondary N) is 1. The molecule has 0 saturated carbocycles. The van der Waals surface area contributed by atoms with Crippen molar-refractivity contribution in [3.63, 3.8) is 0 Å². The molecule has 8 nitrogen and oxygen atoms in total. The largest absolute Gasteiger partial charge is 0.493 e. The van der Waals surface area contributed by atoms with Gasteiger partial charge >= 0.3 is 10.5 Å². The van der Waals surface area contributed by atoms with Gasteiger partial charge in [-0.05, 0) is 18.2 Å². The molecule has 0 unspecified atom stereocenters. The van der Waals surface area contributed by atoms with Crippen LogP contribution in [0.2, 0.25) is 5.02 Å². The van der Waals surface area contributed by atoms with E-state index in [1.165, 1.54) is 39.5 Å². The smallest absolute Gasteiger partial charge is 0.316 e. The Labute approximate surface area is 156 Å². The van der Waals surface area contributed by atoms with Crippen LogP contribution in [0.5, 0.6) is 17.2 Å². The number of methoxy groups -OCH3 is 3. The number of benzene rings is 2. The fourth-order valence-electron chi connectivity index (χ4n) is 2.16. The Hall–Kier alpha value is -2.78. The molecule has 1 N–H and O–H groups in total. The summed E-state index contributed by atoms with van der Waals surface area (Å²) in [5.41, 5.74) is 0.537. The number of hydrogen-bond acceptors (Lipinski definition) is 7. The number of amides is 1. The minimum absolute atomic E-state index is 0.0301. The van der Waals surface area contributed by atoms with E-state index in [2.05, 4.69) is 9.68 Å². The van der Waals surface area contributed by atoms with Crippen molar-refractivity contribution in [3.8, 4) is 17.2 Å². The van der Waals surface area contributed by atoms with E-state index in [4.69, 9.17) is 25.8 Å². The van der Waals surface area contributed by atoms with E-state index in [0.717, 1.165) is 0 Å². The van der Waals surface area contributed by atoms with Gasteiger partial charge in [-0.3, -0.25) is 4.79 Å². The number of ether oxygens (including phenoxy) is 3. The summed E-state index contributed by atoms with van der Waals surface area (Å²) in [7, 11) is 1.70. The Bertz CT molecular complexity index is 942. The normalized spacial score (nSPS) is 10.0. The van der Waals surface area contributed by atoms with E-state index in [1.54, 1.807) is 12.1 Å². The van der Waals surface area contributed by atoms with Crippen LogP contribution in [0.1, 0.15) is 10.4 Å². The first-order valence-electron chi connectivity index (χ1n) is 7.11. The Kier molecular flexibility index (Phi) is 6.42. The average Bonchev–Trinajstić information content (AvgIpc) is 2.62. The molecule has 2 aromatic carbocycles. The molecule has 0 fully saturated rings. The van der Waals surface area contributed by atoms with Crippen molar-refractivity contribution >= 4 is 39.4 Å². The van der Waals surface area contributed by atoms with Gasteiger partial charge in [0.25, 0.3) is 5.91 Å². The van der Waals surface area contributed by atoms with E-state index < -0.39 is 16.4 Å². The standard InChI is InChI=1S/C16H15ClN2O6S/c1-23-13-7-10(8-14(24-2)15(13)25-3)18-16(20)9-4-5-11(17)12(6-9)19-26(21)22/h4-8H,1-3H3,(H,18,20). The van der Waals surface area contributed by atoms with Crippen LogP contribution in [0, 0.1) is 0 Å². The minimum Gasteiger partial charge on any atom is -0.493 e. The highest BCUT2D eigenvalue weighted by atomic mass is 35.5. The monoisotopic (exact) mass is 398 g/mol. The van der Waals surface area contributed by atoms with Gasteiger partial charge in [-0.25, -0.2) is 0 Å². The van der Waals surface area contributed by atoms with Crippen molar-refractivity contribution in [2.24, 2.45) is 4.36 Å². The maximum atomic E-state index is 12.5. The van der Waals surface area contributed by atoms with Gasteiger partial charge < -0.3 is 19.5 Å². The molecule has 2 rings (SSSR count). The SMILES string of the molecule is COc1cc(NC(=O)c2ccc(Cl)c(N=S(=O)=O)c2)cc(OC)c1OC. The van der Waals surface area contributed by atoms with Gasteiger partial charge in [0.1, 0.15) is 5.69 Å². The molecule has 138 valence electrons. The van der Waals surface area contributed by atoms with Crippen molar-refractivity contribution in [2.45, 2.75) is 0 Å². The number of hydrogen-bond donors (Lipinski definition) is 1. The van der Waals surface area contributed by atoms with Crippen LogP contribution in [0.15, 0.2) is 34.7 Å². The van der Waals surface area contributed by atoms with E-state index in [0.29, 0.717) is 22.9 Å². The van der Waals surface area contributed by atoms with Crippen molar-refractivity contribution in [1.29, 1.82) is 0 Å². The van der Waals surface area contributed by atoms with Gasteiger partial charge in [0.2, 0.25) is 5.75 Å². The molecule has 26 heavy (non-hydrogen) atoms. The Balaban J connectivity index is 2.37. The van der Waals surface area contributed by atoms with Gasteiger partial charge in [0.15, 0.2) is 11.5 Å². The van der Waals surface area contributed by atoms with Crippen molar-refractivity contribution < 1.29 is 27.4 Å². The summed E-state index contributed by atoms with van der Waals surface area (Å²) in [5.74, 6) is 0.633. The molecule has 0 heterocycles. The zero-order valence-corrected chi connectivity index (χ0v) is 15.6. The van der Waals surface area contributed by atoms with Crippen LogP contribution >= 0.6 is 11.6 Å². The maximum Gasteiger partial charge on any atom is 0.316 e. The topological polar surface area (TPSA) is 103 Å². The molecule has 0 saturated heterocycles. The highest BCUT2D eigenvalue weighted by molar-refractivity contribution is 7.61. The van der Waals surface area contributed by atoms with Gasteiger partial charge in [-0.15, -0.1) is 4.36 Å². The van der Waals surface area contributed by atoms with Crippen LogP contribution in [0.4, 0.5) is 11.4 Å². The van der Waals surface area contributed by atoms with E-state index in [-0.39, 0.29) is 16.3 Å². The summed E-state index contributed by atoms with van der Waals surface area (Å²) in [6, 6.07) is 7.23. The van der Waals surface area contributed by atoms with E-state index >= 15 is 0 Å². The summed E-state index contributed by atoms with van der Waals surface area (Å²) in [5, 5.41) is 2.78. The Morgan fingerprint density at radius 1 is 1.04 bits per heavy atom. The molecule has 0 aliphatic carbocycles. The summed E-state index contributed by atoms with van der Waals surface area (Å²) >= 11 is 5.87. The van der Waals surface area contributed by atoms with Gasteiger partial charge in [0, 0.05) is 23.4 Å². The fraction of sp³-hybridized carbons (Fsp3) is 0.188. The second-order valence-electron chi connectivity index (χ2n) is 4.84. The molecule has 0 radical (unpaired) electrons. The van der Waals surface area contributed by atoms with Gasteiger partial charge in [-0.2, -0.15) is 8.42 Å². The molecular weight excluding hydrogens is 384 g/mol. The number of carbonyl (C=O) groups is 1. The Morgan fingerprint density at radius 2 is 1.65 bits per heavy atom. The molecule has 0 bridgehead atoms. The van der Waals surface area contributed by atoms with Crippen LogP contribution in [0.25, 0.3) is 0 Å². The molecule has 0 aromatic heterocycles. The van der Waals surface area contributed by atoms with Crippen LogP contribution in [0.3, 0.4) is 0 Å². The number of halogens is 1. The molecule has 0 spiro atoms. The summed E-state index contributed by atoms with van der Waals surface area (Å²) in [6.07, 6.45) is 0. The molecule has 10 heteroatoms. The van der Waals surface area contributed by atoms with E-state index in [9.17, 15) is 13.2 Å². The van der Waals surface area contributed by atoms with Gasteiger partial charge in [-0.1, -0.05) is 11.6 Å². The quantitative estimate of drug-likeness (QED) is 0.800. The molecule has 0 atom stereocenters. The van der Waals surface area contributed by atoms with Crippen LogP contribution < -0.4 is 19.5 Å². The number of anilines is 1. The highest BCUT2D eigenvalue weighted by Gasteiger charge is 2.16. The predicted octanol–water partition coefficient (Wildman–Crippen LogP) is 3.31. The lowest BCUT2D eigenvalue weighted by molar-refractivity contribution is 0.102. The summed E-state index contributed by atoms with van der Waals surface area (Å²) in [6.45, 7) is 0. The lowest BCUT2D eigenvalue weighted by Crippen LogP contribution is -2.12. The maximum absolute atomic E-state index is 12.5. The lowest BCUT2D eigenvalue weighted by Gasteiger charge is -2.14. The number of nitrogens with zero attached hydrogens (tertiary/aromatic N) is 1. The second-order valence-corrected chi connectivity index (χ2v) is 5.87. The molecule has 2 aromatic rings. The third kappa shape index (κ3) is 4.44. The Morgan fingerprint density at radius 3 is 2.15 bits per heavy atom. The molecule has 0 aliphatic heterocycles. The molecular formula is C16H15ClN2O6S. The highest BCUT2D eigenvalue weighted by Crippen LogP contribution is 2.40. The lowest BCUT2D eigenvalue weighted by atomic mass is 10.1. The van der Waals surface area contributed by atoms with Crippen molar-refractivity contribution in [3.05, 3.63) is 40.9 Å². The minimum atomic E-state index is -2.69. The van der Waals surface area contributed by atoms with Crippen molar-refractivity contribution in [1.82, 2.24) is 0 Å². The summed E-state index contributed by atoms with van der Waals surface area (Å²) in [4.78, 5) is 12.5. The third-order valence-electron chi connectivity index (χ3n) is 3.30. The number of rotatable bonds is 6.